The molecule has 0 spiro atoms. The molecule has 0 aliphatic heterocycles. The monoisotopic (exact) mass is 159 g/mol. The first-order valence-electron chi connectivity index (χ1n) is 3.46. The largest absolute Gasteiger partial charge is 0.344 e. The molecule has 1 aromatic rings. The van der Waals surface area contributed by atoms with Crippen LogP contribution in [0, 0.1) is 11.3 Å². The SMILES string of the molecule is N#Cc1cccc(CN[C]=O)c1. The summed E-state index contributed by atoms with van der Waals surface area (Å²) in [5.74, 6) is 0. The summed E-state index contributed by atoms with van der Waals surface area (Å²) in [5, 5.41) is 10.9. The van der Waals surface area contributed by atoms with Crippen molar-refractivity contribution in [3.05, 3.63) is 35.4 Å². The molecular formula is C9H7N2O. The summed E-state index contributed by atoms with van der Waals surface area (Å²) in [5.41, 5.74) is 1.50. The van der Waals surface area contributed by atoms with Crippen molar-refractivity contribution in [3.63, 3.8) is 0 Å². The van der Waals surface area contributed by atoms with Crippen LogP contribution in [0.2, 0.25) is 0 Å². The van der Waals surface area contributed by atoms with Gasteiger partial charge in [-0.1, -0.05) is 12.1 Å². The molecule has 0 heterocycles. The van der Waals surface area contributed by atoms with Crippen molar-refractivity contribution in [2.75, 3.05) is 0 Å². The summed E-state index contributed by atoms with van der Waals surface area (Å²) < 4.78 is 0. The van der Waals surface area contributed by atoms with Crippen molar-refractivity contribution in [1.29, 1.82) is 5.26 Å². The summed E-state index contributed by atoms with van der Waals surface area (Å²) in [6, 6.07) is 9.08. The molecule has 0 fully saturated rings. The Morgan fingerprint density at radius 2 is 2.33 bits per heavy atom. The number of benzene rings is 1. The fourth-order valence-electron chi connectivity index (χ4n) is 0.889. The highest BCUT2D eigenvalue weighted by atomic mass is 16.1. The average molecular weight is 159 g/mol. The van der Waals surface area contributed by atoms with E-state index < -0.39 is 0 Å². The van der Waals surface area contributed by atoms with Gasteiger partial charge in [0.05, 0.1) is 11.6 Å². The van der Waals surface area contributed by atoms with E-state index in [1.165, 1.54) is 0 Å². The lowest BCUT2D eigenvalue weighted by molar-refractivity contribution is 0.542. The second-order valence-electron chi connectivity index (χ2n) is 2.27. The molecule has 0 saturated heterocycles. The smallest absolute Gasteiger partial charge is 0.309 e. The van der Waals surface area contributed by atoms with Gasteiger partial charge in [0.2, 0.25) is 0 Å². The van der Waals surface area contributed by atoms with E-state index in [9.17, 15) is 4.79 Å². The molecule has 59 valence electrons. The van der Waals surface area contributed by atoms with E-state index >= 15 is 0 Å². The maximum absolute atomic E-state index is 9.83. The van der Waals surface area contributed by atoms with Crippen LogP contribution in [-0.4, -0.2) is 6.41 Å². The van der Waals surface area contributed by atoms with Gasteiger partial charge in [0.1, 0.15) is 0 Å². The predicted molar refractivity (Wildman–Crippen MR) is 43.7 cm³/mol. The summed E-state index contributed by atoms with van der Waals surface area (Å²) in [6.45, 7) is 0.416. The quantitative estimate of drug-likeness (QED) is 0.660. The van der Waals surface area contributed by atoms with E-state index in [2.05, 4.69) is 5.32 Å². The normalized spacial score (nSPS) is 8.58. The molecule has 0 aromatic heterocycles. The summed E-state index contributed by atoms with van der Waals surface area (Å²) in [7, 11) is 0. The summed E-state index contributed by atoms with van der Waals surface area (Å²) in [6.07, 6.45) is 1.57. The molecule has 0 aliphatic carbocycles. The highest BCUT2D eigenvalue weighted by molar-refractivity contribution is 5.47. The van der Waals surface area contributed by atoms with E-state index in [1.54, 1.807) is 24.6 Å². The molecule has 0 saturated carbocycles. The Morgan fingerprint density at radius 1 is 1.50 bits per heavy atom. The maximum atomic E-state index is 9.83. The number of amides is 1. The van der Waals surface area contributed by atoms with Crippen LogP contribution in [0.5, 0.6) is 0 Å². The molecule has 0 unspecified atom stereocenters. The van der Waals surface area contributed by atoms with Gasteiger partial charge in [0.25, 0.3) is 0 Å². The molecule has 1 aromatic carbocycles. The van der Waals surface area contributed by atoms with Crippen LogP contribution >= 0.6 is 0 Å². The molecule has 1 N–H and O–H groups in total. The fourth-order valence-corrected chi connectivity index (χ4v) is 0.889. The zero-order valence-corrected chi connectivity index (χ0v) is 6.37. The Labute approximate surface area is 70.6 Å². The van der Waals surface area contributed by atoms with Crippen molar-refractivity contribution >= 4 is 6.41 Å². The number of rotatable bonds is 3. The standard InChI is InChI=1S/C9H7N2O/c10-5-8-2-1-3-9(4-8)6-11-7-12/h1-4H,6H2,(H,11,12). The molecule has 0 aliphatic rings. The average Bonchev–Trinajstić information content (AvgIpc) is 2.15. The molecule has 0 bridgehead atoms. The van der Waals surface area contributed by atoms with E-state index in [0.29, 0.717) is 12.1 Å². The van der Waals surface area contributed by atoms with Crippen LogP contribution in [0.1, 0.15) is 11.1 Å². The van der Waals surface area contributed by atoms with Crippen LogP contribution in [0.4, 0.5) is 0 Å². The minimum atomic E-state index is 0.416. The molecule has 1 rings (SSSR count). The van der Waals surface area contributed by atoms with Crippen LogP contribution in [0.15, 0.2) is 24.3 Å². The van der Waals surface area contributed by atoms with E-state index in [0.717, 1.165) is 5.56 Å². The number of nitrogens with zero attached hydrogens (tertiary/aromatic N) is 1. The lowest BCUT2D eigenvalue weighted by Gasteiger charge is -1.97. The van der Waals surface area contributed by atoms with Crippen LogP contribution in [-0.2, 0) is 11.3 Å². The van der Waals surface area contributed by atoms with Gasteiger partial charge < -0.3 is 5.32 Å². The van der Waals surface area contributed by atoms with Crippen molar-refractivity contribution < 1.29 is 4.79 Å². The zero-order valence-electron chi connectivity index (χ0n) is 6.37. The lowest BCUT2D eigenvalue weighted by atomic mass is 10.1. The third-order valence-electron chi connectivity index (χ3n) is 1.42. The van der Waals surface area contributed by atoms with Crippen molar-refractivity contribution in [3.8, 4) is 6.07 Å². The lowest BCUT2D eigenvalue weighted by Crippen LogP contribution is -2.09. The van der Waals surface area contributed by atoms with Crippen LogP contribution in [0.25, 0.3) is 0 Å². The van der Waals surface area contributed by atoms with Crippen LogP contribution < -0.4 is 5.32 Å². The molecule has 0 atom stereocenters. The van der Waals surface area contributed by atoms with Crippen LogP contribution in [0.3, 0.4) is 0 Å². The highest BCUT2D eigenvalue weighted by Crippen LogP contribution is 2.02. The number of carbonyl (C=O) groups excluding carboxylic acids is 1. The predicted octanol–water partition coefficient (Wildman–Crippen LogP) is 0.715. The number of nitrogens with one attached hydrogen (secondary N) is 1. The Hall–Kier alpha value is -1.82. The molecule has 12 heavy (non-hydrogen) atoms. The van der Waals surface area contributed by atoms with Gasteiger partial charge in [-0.2, -0.15) is 5.26 Å². The molecule has 1 amide bonds. The van der Waals surface area contributed by atoms with Gasteiger partial charge in [-0.15, -0.1) is 0 Å². The van der Waals surface area contributed by atoms with E-state index in [4.69, 9.17) is 5.26 Å². The molecule has 3 nitrogen and oxygen atoms in total. The zero-order chi connectivity index (χ0) is 8.81. The Morgan fingerprint density at radius 3 is 3.00 bits per heavy atom. The first kappa shape index (κ1) is 8.28. The Kier molecular flexibility index (Phi) is 2.86. The summed E-state index contributed by atoms with van der Waals surface area (Å²) >= 11 is 0. The third kappa shape index (κ3) is 2.10. The van der Waals surface area contributed by atoms with Crippen molar-refractivity contribution in [2.24, 2.45) is 0 Å². The topological polar surface area (TPSA) is 52.9 Å². The number of hydrogen-bond acceptors (Lipinski definition) is 2. The van der Waals surface area contributed by atoms with Gasteiger partial charge in [-0.3, -0.25) is 4.79 Å². The maximum Gasteiger partial charge on any atom is 0.309 e. The van der Waals surface area contributed by atoms with Gasteiger partial charge in [-0.05, 0) is 17.7 Å². The molecule has 3 heteroatoms. The third-order valence-corrected chi connectivity index (χ3v) is 1.42. The van der Waals surface area contributed by atoms with Gasteiger partial charge in [-0.25, -0.2) is 0 Å². The van der Waals surface area contributed by atoms with Crippen molar-refractivity contribution in [1.82, 2.24) is 5.32 Å². The minimum absolute atomic E-state index is 0.416. The molecular weight excluding hydrogens is 152 g/mol. The van der Waals surface area contributed by atoms with E-state index in [1.807, 2.05) is 12.1 Å². The second kappa shape index (κ2) is 4.14. The van der Waals surface area contributed by atoms with Gasteiger partial charge in [0.15, 0.2) is 0 Å². The highest BCUT2D eigenvalue weighted by Gasteiger charge is 1.93. The van der Waals surface area contributed by atoms with E-state index in [-0.39, 0.29) is 0 Å². The van der Waals surface area contributed by atoms with Gasteiger partial charge >= 0.3 is 6.41 Å². The molecule has 1 radical (unpaired) electrons. The van der Waals surface area contributed by atoms with Gasteiger partial charge in [0, 0.05) is 6.54 Å². The number of nitriles is 1. The second-order valence-corrected chi connectivity index (χ2v) is 2.27. The number of hydrogen-bond donors (Lipinski definition) is 1. The Bertz CT molecular complexity index is 315. The summed E-state index contributed by atoms with van der Waals surface area (Å²) in [4.78, 5) is 9.83. The van der Waals surface area contributed by atoms with Crippen molar-refractivity contribution in [2.45, 2.75) is 6.54 Å². The Balaban J connectivity index is 2.74. The fraction of sp³-hybridized carbons (Fsp3) is 0.111. The first-order chi connectivity index (χ1) is 5.86. The minimum Gasteiger partial charge on any atom is -0.344 e. The first-order valence-corrected chi connectivity index (χ1v) is 3.46.